The lowest BCUT2D eigenvalue weighted by molar-refractivity contribution is -0.142. The number of carbonyl (C=O) groups is 2. The van der Waals surface area contributed by atoms with Crippen LogP contribution in [-0.2, 0) is 16.1 Å². The number of hydrogen-bond acceptors (Lipinski definition) is 3. The quantitative estimate of drug-likeness (QED) is 0.696. The van der Waals surface area contributed by atoms with Crippen molar-refractivity contribution in [3.63, 3.8) is 0 Å². The van der Waals surface area contributed by atoms with Crippen molar-refractivity contribution >= 4 is 11.8 Å². The van der Waals surface area contributed by atoms with Gasteiger partial charge in [0.05, 0.1) is 0 Å². The molecule has 0 aliphatic rings. The molecule has 0 aliphatic carbocycles. The maximum absolute atomic E-state index is 14.2. The fraction of sp³-hybridized carbons (Fsp3) is 0.391. The van der Waals surface area contributed by atoms with Crippen molar-refractivity contribution in [2.45, 2.75) is 52.7 Å². The predicted octanol–water partition coefficient (Wildman–Crippen LogP) is 3.84. The third kappa shape index (κ3) is 6.31. The number of nitrogens with one attached hydrogen (secondary N) is 1. The fourth-order valence-electron chi connectivity index (χ4n) is 2.80. The van der Waals surface area contributed by atoms with Crippen LogP contribution in [0.2, 0.25) is 0 Å². The molecule has 2 amide bonds. The first-order valence-electron chi connectivity index (χ1n) is 9.85. The molecule has 2 aromatic carbocycles. The zero-order valence-corrected chi connectivity index (χ0v) is 17.4. The third-order valence-corrected chi connectivity index (χ3v) is 4.91. The van der Waals surface area contributed by atoms with Gasteiger partial charge in [-0.1, -0.05) is 43.3 Å². The number of hydrogen-bond donors (Lipinski definition) is 1. The zero-order chi connectivity index (χ0) is 21.4. The van der Waals surface area contributed by atoms with Gasteiger partial charge in [-0.25, -0.2) is 4.39 Å². The molecule has 2 atom stereocenters. The molecule has 0 saturated carbocycles. The van der Waals surface area contributed by atoms with Crippen molar-refractivity contribution in [2.24, 2.45) is 0 Å². The highest BCUT2D eigenvalue weighted by molar-refractivity contribution is 5.88. The number of nitrogens with zero attached hydrogens (tertiary/aromatic N) is 1. The lowest BCUT2D eigenvalue weighted by atomic mass is 10.1. The first kappa shape index (κ1) is 22.4. The Morgan fingerprint density at radius 2 is 1.76 bits per heavy atom. The molecule has 5 nitrogen and oxygen atoms in total. The largest absolute Gasteiger partial charge is 0.484 e. The van der Waals surface area contributed by atoms with E-state index in [1.165, 1.54) is 11.0 Å². The Bertz CT molecular complexity index is 840. The van der Waals surface area contributed by atoms with Gasteiger partial charge in [0.1, 0.15) is 17.6 Å². The van der Waals surface area contributed by atoms with Gasteiger partial charge in [-0.05, 0) is 44.9 Å². The van der Waals surface area contributed by atoms with Crippen LogP contribution in [0.5, 0.6) is 5.75 Å². The Hall–Kier alpha value is -2.89. The van der Waals surface area contributed by atoms with Crippen LogP contribution in [0.1, 0.15) is 38.3 Å². The average Bonchev–Trinajstić information content (AvgIpc) is 2.71. The molecule has 6 heteroatoms. The van der Waals surface area contributed by atoms with Gasteiger partial charge in [-0.15, -0.1) is 0 Å². The summed E-state index contributed by atoms with van der Waals surface area (Å²) in [6, 6.07) is 12.8. The van der Waals surface area contributed by atoms with Crippen molar-refractivity contribution in [2.75, 3.05) is 6.61 Å². The highest BCUT2D eigenvalue weighted by Crippen LogP contribution is 2.18. The number of ether oxygens (including phenoxy) is 1. The second-order valence-corrected chi connectivity index (χ2v) is 7.16. The molecular formula is C23H29FN2O3. The number of aryl methyl sites for hydroxylation is 1. The normalized spacial score (nSPS) is 12.7. The number of rotatable bonds is 9. The summed E-state index contributed by atoms with van der Waals surface area (Å²) >= 11 is 0. The summed E-state index contributed by atoms with van der Waals surface area (Å²) < 4.78 is 19.8. The SMILES string of the molecule is CCC(C)NC(=O)C(C)N(Cc1ccccc1F)C(=O)COc1ccccc1C. The van der Waals surface area contributed by atoms with E-state index in [1.807, 2.05) is 39.0 Å². The molecule has 0 aliphatic heterocycles. The maximum Gasteiger partial charge on any atom is 0.261 e. The smallest absolute Gasteiger partial charge is 0.261 e. The van der Waals surface area contributed by atoms with Gasteiger partial charge in [0, 0.05) is 18.2 Å². The average molecular weight is 400 g/mol. The van der Waals surface area contributed by atoms with Crippen molar-refractivity contribution in [3.05, 3.63) is 65.5 Å². The minimum absolute atomic E-state index is 0.0152. The molecule has 2 unspecified atom stereocenters. The Morgan fingerprint density at radius 1 is 1.10 bits per heavy atom. The van der Waals surface area contributed by atoms with E-state index in [0.29, 0.717) is 11.3 Å². The second-order valence-electron chi connectivity index (χ2n) is 7.16. The van der Waals surface area contributed by atoms with Crippen LogP contribution < -0.4 is 10.1 Å². The van der Waals surface area contributed by atoms with Gasteiger partial charge in [-0.2, -0.15) is 0 Å². The van der Waals surface area contributed by atoms with Crippen molar-refractivity contribution in [1.29, 1.82) is 0 Å². The summed E-state index contributed by atoms with van der Waals surface area (Å²) in [7, 11) is 0. The van der Waals surface area contributed by atoms with Crippen LogP contribution in [0.4, 0.5) is 4.39 Å². The highest BCUT2D eigenvalue weighted by Gasteiger charge is 2.27. The lowest BCUT2D eigenvalue weighted by Crippen LogP contribution is -2.50. The first-order valence-corrected chi connectivity index (χ1v) is 9.85. The summed E-state index contributed by atoms with van der Waals surface area (Å²) in [4.78, 5) is 26.9. The van der Waals surface area contributed by atoms with Crippen molar-refractivity contribution < 1.29 is 18.7 Å². The summed E-state index contributed by atoms with van der Waals surface area (Å²) in [6.45, 7) is 7.14. The minimum Gasteiger partial charge on any atom is -0.484 e. The van der Waals surface area contributed by atoms with E-state index in [1.54, 1.807) is 31.2 Å². The summed E-state index contributed by atoms with van der Waals surface area (Å²) in [5.74, 6) is -0.480. The number of amides is 2. The van der Waals surface area contributed by atoms with Crippen LogP contribution in [0.3, 0.4) is 0 Å². The molecule has 29 heavy (non-hydrogen) atoms. The topological polar surface area (TPSA) is 58.6 Å². The van der Waals surface area contributed by atoms with E-state index in [0.717, 1.165) is 12.0 Å². The summed E-state index contributed by atoms with van der Waals surface area (Å²) in [6.07, 6.45) is 0.774. The van der Waals surface area contributed by atoms with Crippen LogP contribution in [0.15, 0.2) is 48.5 Å². The zero-order valence-electron chi connectivity index (χ0n) is 17.4. The third-order valence-electron chi connectivity index (χ3n) is 4.91. The monoisotopic (exact) mass is 400 g/mol. The molecule has 0 spiro atoms. The van der Waals surface area contributed by atoms with E-state index in [4.69, 9.17) is 4.74 Å². The molecule has 2 rings (SSSR count). The molecule has 156 valence electrons. The molecule has 0 fully saturated rings. The van der Waals surface area contributed by atoms with Gasteiger partial charge in [0.15, 0.2) is 6.61 Å². The Morgan fingerprint density at radius 3 is 2.41 bits per heavy atom. The van der Waals surface area contributed by atoms with E-state index in [-0.39, 0.29) is 31.0 Å². The Balaban J connectivity index is 2.18. The van der Waals surface area contributed by atoms with Gasteiger partial charge in [-0.3, -0.25) is 9.59 Å². The molecule has 1 N–H and O–H groups in total. The predicted molar refractivity (Wildman–Crippen MR) is 111 cm³/mol. The lowest BCUT2D eigenvalue weighted by Gasteiger charge is -2.29. The fourth-order valence-corrected chi connectivity index (χ4v) is 2.80. The molecule has 0 bridgehead atoms. The van der Waals surface area contributed by atoms with Crippen molar-refractivity contribution in [1.82, 2.24) is 10.2 Å². The standard InChI is InChI=1S/C23H29FN2O3/c1-5-17(3)25-23(28)18(4)26(14-19-11-7-8-12-20(19)24)22(27)15-29-21-13-9-6-10-16(21)2/h6-13,17-18H,5,14-15H2,1-4H3,(H,25,28). The maximum atomic E-state index is 14.2. The number of benzene rings is 2. The first-order chi connectivity index (χ1) is 13.8. The van der Waals surface area contributed by atoms with Gasteiger partial charge < -0.3 is 15.0 Å². The summed E-state index contributed by atoms with van der Waals surface area (Å²) in [5, 5.41) is 2.88. The molecule has 0 heterocycles. The number of para-hydroxylation sites is 1. The van der Waals surface area contributed by atoms with Crippen LogP contribution in [0.25, 0.3) is 0 Å². The van der Waals surface area contributed by atoms with Crippen LogP contribution in [0, 0.1) is 12.7 Å². The number of halogens is 1. The molecule has 0 saturated heterocycles. The van der Waals surface area contributed by atoms with E-state index >= 15 is 0 Å². The minimum atomic E-state index is -0.767. The van der Waals surface area contributed by atoms with Gasteiger partial charge in [0.2, 0.25) is 5.91 Å². The number of carbonyl (C=O) groups excluding carboxylic acids is 2. The van der Waals surface area contributed by atoms with E-state index < -0.39 is 11.9 Å². The molecule has 2 aromatic rings. The highest BCUT2D eigenvalue weighted by atomic mass is 19.1. The second kappa shape index (κ2) is 10.6. The van der Waals surface area contributed by atoms with Crippen molar-refractivity contribution in [3.8, 4) is 5.75 Å². The Kier molecular flexibility index (Phi) is 8.19. The van der Waals surface area contributed by atoms with E-state index in [2.05, 4.69) is 5.32 Å². The van der Waals surface area contributed by atoms with Gasteiger partial charge in [0.25, 0.3) is 5.91 Å². The molecule has 0 radical (unpaired) electrons. The molecule has 0 aromatic heterocycles. The Labute approximate surface area is 171 Å². The van der Waals surface area contributed by atoms with Crippen LogP contribution >= 0.6 is 0 Å². The summed E-state index contributed by atoms with van der Waals surface area (Å²) in [5.41, 5.74) is 1.25. The van der Waals surface area contributed by atoms with Crippen LogP contribution in [-0.4, -0.2) is 35.4 Å². The van der Waals surface area contributed by atoms with E-state index in [9.17, 15) is 14.0 Å². The van der Waals surface area contributed by atoms with Gasteiger partial charge >= 0.3 is 0 Å². The molecular weight excluding hydrogens is 371 g/mol.